The fourth-order valence-corrected chi connectivity index (χ4v) is 1.06. The second-order valence-electron chi connectivity index (χ2n) is 4.74. The Labute approximate surface area is 64.5 Å². The van der Waals surface area contributed by atoms with E-state index in [0.717, 1.165) is 0 Å². The summed E-state index contributed by atoms with van der Waals surface area (Å²) in [6.07, 6.45) is 0. The number of rotatable bonds is 1. The second-order valence-corrected chi connectivity index (χ2v) is 4.74. The molecule has 0 aromatic heterocycles. The zero-order valence-electron chi connectivity index (χ0n) is 8.02. The molecule has 0 amide bonds. The molecular weight excluding hydrogens is 124 g/mol. The normalized spacial score (nSPS) is 17.1. The first-order chi connectivity index (χ1) is 4.15. The molecule has 1 N–H and O–H groups in total. The van der Waals surface area contributed by atoms with E-state index in [9.17, 15) is 5.11 Å². The summed E-state index contributed by atoms with van der Waals surface area (Å²) < 4.78 is 0. The third-order valence-corrected chi connectivity index (χ3v) is 2.36. The zero-order chi connectivity index (χ0) is 8.58. The Bertz CT molecular complexity index is 88.9. The highest BCUT2D eigenvalue weighted by molar-refractivity contribution is 4.82. The summed E-state index contributed by atoms with van der Waals surface area (Å²) in [5.41, 5.74) is -0.365. The molecule has 1 heteroatoms. The maximum absolute atomic E-state index is 9.62. The lowest BCUT2D eigenvalue weighted by Gasteiger charge is -2.36. The minimum absolute atomic E-state index is 0.193. The third kappa shape index (κ3) is 2.70. The van der Waals surface area contributed by atoms with Gasteiger partial charge in [0.05, 0.1) is 5.60 Å². The molecule has 0 saturated carbocycles. The van der Waals surface area contributed by atoms with Crippen LogP contribution in [-0.4, -0.2) is 10.7 Å². The molecule has 1 nitrogen and oxygen atoms in total. The molecular formula is C9H20O. The Morgan fingerprint density at radius 3 is 1.30 bits per heavy atom. The van der Waals surface area contributed by atoms with Gasteiger partial charge in [0, 0.05) is 0 Å². The van der Waals surface area contributed by atoms with Gasteiger partial charge in [0.25, 0.3) is 0 Å². The minimum atomic E-state index is -0.557. The highest BCUT2D eigenvalue weighted by Crippen LogP contribution is 2.33. The van der Waals surface area contributed by atoms with Crippen LogP contribution in [0.25, 0.3) is 0 Å². The van der Waals surface area contributed by atoms with E-state index < -0.39 is 5.60 Å². The Morgan fingerprint density at radius 2 is 1.30 bits per heavy atom. The monoisotopic (exact) mass is 144 g/mol. The summed E-state index contributed by atoms with van der Waals surface area (Å²) in [6.45, 7) is 12.3. The lowest BCUT2D eigenvalue weighted by Crippen LogP contribution is -2.37. The first-order valence-electron chi connectivity index (χ1n) is 3.88. The minimum Gasteiger partial charge on any atom is -0.390 e. The van der Waals surface area contributed by atoms with E-state index in [-0.39, 0.29) is 5.41 Å². The molecule has 0 radical (unpaired) electrons. The number of hydrogen-bond acceptors (Lipinski definition) is 1. The van der Waals surface area contributed by atoms with Crippen molar-refractivity contribution < 1.29 is 5.11 Å². The smallest absolute Gasteiger partial charge is 0.0622 e. The van der Waals surface area contributed by atoms with E-state index in [2.05, 4.69) is 27.7 Å². The van der Waals surface area contributed by atoms with E-state index in [1.54, 1.807) is 0 Å². The quantitative estimate of drug-likeness (QED) is 0.599. The third-order valence-electron chi connectivity index (χ3n) is 2.36. The topological polar surface area (TPSA) is 20.2 Å². The molecule has 0 aliphatic heterocycles. The molecule has 0 aromatic rings. The van der Waals surface area contributed by atoms with Crippen molar-refractivity contribution in [2.24, 2.45) is 11.3 Å². The van der Waals surface area contributed by atoms with Gasteiger partial charge in [-0.1, -0.05) is 27.7 Å². The molecule has 0 saturated heterocycles. The van der Waals surface area contributed by atoms with Gasteiger partial charge in [0.2, 0.25) is 0 Å². The van der Waals surface area contributed by atoms with Crippen molar-refractivity contribution in [2.75, 3.05) is 0 Å². The average molecular weight is 144 g/mol. The summed E-state index contributed by atoms with van der Waals surface area (Å²) in [4.78, 5) is 0. The van der Waals surface area contributed by atoms with Gasteiger partial charge in [0.15, 0.2) is 0 Å². The van der Waals surface area contributed by atoms with Crippen LogP contribution in [0.5, 0.6) is 0 Å². The maximum Gasteiger partial charge on any atom is 0.0622 e. The molecule has 0 spiro atoms. The van der Waals surface area contributed by atoms with E-state index in [4.69, 9.17) is 0 Å². The Hall–Kier alpha value is -0.0400. The molecule has 0 aliphatic carbocycles. The standard InChI is InChI=1S/C9H20O/c1-7(8(2,3)4)9(5,6)10/h7,10H,1-6H3. The van der Waals surface area contributed by atoms with E-state index in [1.165, 1.54) is 0 Å². The van der Waals surface area contributed by atoms with Crippen LogP contribution in [0.4, 0.5) is 0 Å². The summed E-state index contributed by atoms with van der Waals surface area (Å²) in [6, 6.07) is 0. The molecule has 0 aliphatic rings. The van der Waals surface area contributed by atoms with E-state index >= 15 is 0 Å². The highest BCUT2D eigenvalue weighted by atomic mass is 16.3. The summed E-state index contributed by atoms with van der Waals surface area (Å²) in [5.74, 6) is 0.319. The van der Waals surface area contributed by atoms with E-state index in [0.29, 0.717) is 5.92 Å². The zero-order valence-corrected chi connectivity index (χ0v) is 8.02. The van der Waals surface area contributed by atoms with Crippen LogP contribution in [0.3, 0.4) is 0 Å². The van der Waals surface area contributed by atoms with Crippen LogP contribution in [-0.2, 0) is 0 Å². The Morgan fingerprint density at radius 1 is 1.00 bits per heavy atom. The molecule has 0 heterocycles. The lowest BCUT2D eigenvalue weighted by molar-refractivity contribution is -0.0227. The van der Waals surface area contributed by atoms with Crippen LogP contribution in [0.1, 0.15) is 41.5 Å². The average Bonchev–Trinajstić information content (AvgIpc) is 1.59. The molecule has 1 atom stereocenters. The van der Waals surface area contributed by atoms with Gasteiger partial charge < -0.3 is 5.11 Å². The molecule has 1 unspecified atom stereocenters. The van der Waals surface area contributed by atoms with Crippen molar-refractivity contribution in [1.82, 2.24) is 0 Å². The van der Waals surface area contributed by atoms with Crippen molar-refractivity contribution >= 4 is 0 Å². The van der Waals surface area contributed by atoms with Gasteiger partial charge in [-0.2, -0.15) is 0 Å². The lowest BCUT2D eigenvalue weighted by atomic mass is 9.73. The molecule has 62 valence electrons. The first-order valence-corrected chi connectivity index (χ1v) is 3.88. The number of aliphatic hydroxyl groups is 1. The van der Waals surface area contributed by atoms with Gasteiger partial charge >= 0.3 is 0 Å². The van der Waals surface area contributed by atoms with Gasteiger partial charge in [-0.15, -0.1) is 0 Å². The number of hydrogen-bond donors (Lipinski definition) is 1. The van der Waals surface area contributed by atoms with Crippen molar-refractivity contribution in [3.8, 4) is 0 Å². The van der Waals surface area contributed by atoms with Crippen molar-refractivity contribution in [2.45, 2.75) is 47.1 Å². The van der Waals surface area contributed by atoms with Crippen molar-refractivity contribution in [3.63, 3.8) is 0 Å². The van der Waals surface area contributed by atoms with Crippen LogP contribution in [0.2, 0.25) is 0 Å². The van der Waals surface area contributed by atoms with Gasteiger partial charge in [-0.05, 0) is 25.2 Å². The van der Waals surface area contributed by atoms with Crippen LogP contribution in [0, 0.1) is 11.3 Å². The molecule has 10 heavy (non-hydrogen) atoms. The molecule has 0 fully saturated rings. The Balaban J connectivity index is 4.23. The predicted octanol–water partition coefficient (Wildman–Crippen LogP) is 2.44. The van der Waals surface area contributed by atoms with E-state index in [1.807, 2.05) is 13.8 Å². The SMILES string of the molecule is CC(C(C)(C)C)C(C)(C)O. The molecule has 0 rings (SSSR count). The largest absolute Gasteiger partial charge is 0.390 e. The van der Waals surface area contributed by atoms with Crippen LogP contribution in [0.15, 0.2) is 0 Å². The summed E-state index contributed by atoms with van der Waals surface area (Å²) in [7, 11) is 0. The van der Waals surface area contributed by atoms with Crippen molar-refractivity contribution in [1.29, 1.82) is 0 Å². The Kier molecular flexibility index (Phi) is 2.53. The van der Waals surface area contributed by atoms with Crippen molar-refractivity contribution in [3.05, 3.63) is 0 Å². The fourth-order valence-electron chi connectivity index (χ4n) is 1.06. The van der Waals surface area contributed by atoms with Crippen LogP contribution >= 0.6 is 0 Å². The van der Waals surface area contributed by atoms with Gasteiger partial charge in [-0.3, -0.25) is 0 Å². The predicted molar refractivity (Wildman–Crippen MR) is 44.9 cm³/mol. The molecule has 0 bridgehead atoms. The first kappa shape index (κ1) is 9.96. The van der Waals surface area contributed by atoms with Gasteiger partial charge in [-0.25, -0.2) is 0 Å². The second kappa shape index (κ2) is 2.54. The molecule has 0 aromatic carbocycles. The fraction of sp³-hybridized carbons (Fsp3) is 1.00. The maximum atomic E-state index is 9.62. The van der Waals surface area contributed by atoms with Crippen LogP contribution < -0.4 is 0 Å². The highest BCUT2D eigenvalue weighted by Gasteiger charge is 2.32. The summed E-state index contributed by atoms with van der Waals surface area (Å²) in [5, 5.41) is 9.62. The summed E-state index contributed by atoms with van der Waals surface area (Å²) >= 11 is 0. The van der Waals surface area contributed by atoms with Gasteiger partial charge in [0.1, 0.15) is 0 Å².